The van der Waals surface area contributed by atoms with Gasteiger partial charge < -0.3 is 15.5 Å². The second-order valence-corrected chi connectivity index (χ2v) is 7.02. The van der Waals surface area contributed by atoms with E-state index in [1.54, 1.807) is 0 Å². The van der Waals surface area contributed by atoms with Crippen LogP contribution in [0.3, 0.4) is 0 Å². The molecule has 110 valence electrons. The van der Waals surface area contributed by atoms with Gasteiger partial charge in [-0.05, 0) is 63.5 Å². The molecule has 1 atom stereocenters. The number of nitrogen functional groups attached to an aromatic ring is 1. The van der Waals surface area contributed by atoms with E-state index in [9.17, 15) is 0 Å². The molecule has 1 aromatic carbocycles. The first-order chi connectivity index (χ1) is 9.57. The fourth-order valence-corrected chi connectivity index (χ4v) is 3.72. The lowest BCUT2D eigenvalue weighted by atomic mass is 9.94. The lowest BCUT2D eigenvalue weighted by Crippen LogP contribution is -2.34. The zero-order valence-electron chi connectivity index (χ0n) is 12.8. The van der Waals surface area contributed by atoms with Crippen LogP contribution in [-0.2, 0) is 5.41 Å². The van der Waals surface area contributed by atoms with Gasteiger partial charge in [-0.1, -0.05) is 12.1 Å². The number of benzene rings is 1. The molecule has 1 saturated heterocycles. The minimum absolute atomic E-state index is 0.410. The van der Waals surface area contributed by atoms with Gasteiger partial charge in [0.1, 0.15) is 0 Å². The summed E-state index contributed by atoms with van der Waals surface area (Å²) in [5.74, 6) is 0.854. The molecule has 2 fully saturated rings. The first-order valence-electron chi connectivity index (χ1n) is 7.80. The first-order valence-corrected chi connectivity index (χ1v) is 7.80. The van der Waals surface area contributed by atoms with Crippen molar-refractivity contribution in [3.63, 3.8) is 0 Å². The molecule has 3 heteroatoms. The number of rotatable bonds is 5. The van der Waals surface area contributed by atoms with E-state index >= 15 is 0 Å². The van der Waals surface area contributed by atoms with Crippen LogP contribution in [0.25, 0.3) is 0 Å². The highest BCUT2D eigenvalue weighted by Crippen LogP contribution is 2.48. The largest absolute Gasteiger partial charge is 0.399 e. The van der Waals surface area contributed by atoms with Gasteiger partial charge in [-0.25, -0.2) is 0 Å². The summed E-state index contributed by atoms with van der Waals surface area (Å²) in [4.78, 5) is 5.00. The van der Waals surface area contributed by atoms with E-state index in [0.29, 0.717) is 5.41 Å². The standard InChI is InChI=1S/C17H27N3/c1-19-10-7-14(11-19)12-20(2)13-17(8-9-17)15-3-5-16(18)6-4-15/h3-6,14H,7-13,18H2,1-2H3. The molecular weight excluding hydrogens is 246 g/mol. The Bertz CT molecular complexity index is 450. The molecule has 1 aromatic rings. The van der Waals surface area contributed by atoms with E-state index in [1.165, 1.54) is 51.0 Å². The summed E-state index contributed by atoms with van der Waals surface area (Å²) in [6.07, 6.45) is 4.01. The average Bonchev–Trinajstić information content (AvgIpc) is 3.06. The zero-order chi connectivity index (χ0) is 14.2. The molecule has 2 aliphatic rings. The molecular formula is C17H27N3. The topological polar surface area (TPSA) is 32.5 Å². The van der Waals surface area contributed by atoms with Gasteiger partial charge in [0.2, 0.25) is 0 Å². The number of anilines is 1. The molecule has 1 unspecified atom stereocenters. The lowest BCUT2D eigenvalue weighted by Gasteiger charge is -2.26. The minimum Gasteiger partial charge on any atom is -0.399 e. The third-order valence-corrected chi connectivity index (χ3v) is 5.01. The van der Waals surface area contributed by atoms with Crippen molar-refractivity contribution in [2.24, 2.45) is 5.92 Å². The molecule has 1 aliphatic carbocycles. The van der Waals surface area contributed by atoms with E-state index in [-0.39, 0.29) is 0 Å². The van der Waals surface area contributed by atoms with Gasteiger partial charge in [0.15, 0.2) is 0 Å². The summed E-state index contributed by atoms with van der Waals surface area (Å²) in [6, 6.07) is 8.53. The fraction of sp³-hybridized carbons (Fsp3) is 0.647. The van der Waals surface area contributed by atoms with Gasteiger partial charge in [-0.15, -0.1) is 0 Å². The highest BCUT2D eigenvalue weighted by atomic mass is 15.2. The summed E-state index contributed by atoms with van der Waals surface area (Å²) in [6.45, 7) is 4.96. The second-order valence-electron chi connectivity index (χ2n) is 7.02. The SMILES string of the molecule is CN1CCC(CN(C)CC2(c3ccc(N)cc3)CC2)C1. The maximum absolute atomic E-state index is 5.80. The summed E-state index contributed by atoms with van der Waals surface area (Å²) >= 11 is 0. The molecule has 0 spiro atoms. The fourth-order valence-electron chi connectivity index (χ4n) is 3.72. The smallest absolute Gasteiger partial charge is 0.0314 e. The van der Waals surface area contributed by atoms with Gasteiger partial charge in [-0.3, -0.25) is 0 Å². The molecule has 20 heavy (non-hydrogen) atoms. The van der Waals surface area contributed by atoms with Gasteiger partial charge in [-0.2, -0.15) is 0 Å². The Morgan fingerprint density at radius 3 is 2.55 bits per heavy atom. The van der Waals surface area contributed by atoms with Crippen LogP contribution in [0, 0.1) is 5.92 Å². The molecule has 0 amide bonds. The average molecular weight is 273 g/mol. The summed E-state index contributed by atoms with van der Waals surface area (Å²) in [5, 5.41) is 0. The van der Waals surface area contributed by atoms with E-state index in [1.807, 2.05) is 12.1 Å². The molecule has 0 bridgehead atoms. The van der Waals surface area contributed by atoms with Crippen molar-refractivity contribution < 1.29 is 0 Å². The number of hydrogen-bond donors (Lipinski definition) is 1. The normalized spacial score (nSPS) is 25.2. The van der Waals surface area contributed by atoms with Crippen LogP contribution in [-0.4, -0.2) is 50.1 Å². The number of hydrogen-bond acceptors (Lipinski definition) is 3. The third kappa shape index (κ3) is 2.99. The predicted molar refractivity (Wildman–Crippen MR) is 84.9 cm³/mol. The molecule has 3 nitrogen and oxygen atoms in total. The van der Waals surface area contributed by atoms with Crippen LogP contribution in [0.15, 0.2) is 24.3 Å². The third-order valence-electron chi connectivity index (χ3n) is 5.01. The van der Waals surface area contributed by atoms with Gasteiger partial charge >= 0.3 is 0 Å². The Hall–Kier alpha value is -1.06. The molecule has 0 radical (unpaired) electrons. The van der Waals surface area contributed by atoms with Crippen LogP contribution in [0.5, 0.6) is 0 Å². The van der Waals surface area contributed by atoms with Crippen molar-refractivity contribution >= 4 is 5.69 Å². The van der Waals surface area contributed by atoms with Gasteiger partial charge in [0.05, 0.1) is 0 Å². The Labute approximate surface area is 122 Å². The summed E-state index contributed by atoms with van der Waals surface area (Å²) < 4.78 is 0. The van der Waals surface area contributed by atoms with Crippen LogP contribution >= 0.6 is 0 Å². The van der Waals surface area contributed by atoms with E-state index < -0.39 is 0 Å². The van der Waals surface area contributed by atoms with Crippen molar-refractivity contribution in [2.75, 3.05) is 46.0 Å². The first kappa shape index (κ1) is 13.9. The monoisotopic (exact) mass is 273 g/mol. The Balaban J connectivity index is 1.58. The Morgan fingerprint density at radius 2 is 2.00 bits per heavy atom. The lowest BCUT2D eigenvalue weighted by molar-refractivity contribution is 0.253. The van der Waals surface area contributed by atoms with Gasteiger partial charge in [0, 0.05) is 30.7 Å². The van der Waals surface area contributed by atoms with E-state index in [2.05, 4.69) is 36.0 Å². The van der Waals surface area contributed by atoms with Crippen LogP contribution in [0.1, 0.15) is 24.8 Å². The van der Waals surface area contributed by atoms with Crippen LogP contribution in [0.4, 0.5) is 5.69 Å². The van der Waals surface area contributed by atoms with Crippen molar-refractivity contribution in [1.82, 2.24) is 9.80 Å². The highest BCUT2D eigenvalue weighted by molar-refractivity contribution is 5.43. The van der Waals surface area contributed by atoms with Crippen LogP contribution in [0.2, 0.25) is 0 Å². The maximum Gasteiger partial charge on any atom is 0.0314 e. The molecule has 0 aromatic heterocycles. The molecule has 1 heterocycles. The highest BCUT2D eigenvalue weighted by Gasteiger charge is 2.44. The summed E-state index contributed by atoms with van der Waals surface area (Å²) in [5.41, 5.74) is 8.55. The van der Waals surface area contributed by atoms with E-state index in [0.717, 1.165) is 11.6 Å². The number of likely N-dealkylation sites (tertiary alicyclic amines) is 1. The molecule has 1 saturated carbocycles. The minimum atomic E-state index is 0.410. The zero-order valence-corrected chi connectivity index (χ0v) is 12.8. The molecule has 1 aliphatic heterocycles. The molecule has 3 rings (SSSR count). The van der Waals surface area contributed by atoms with Crippen molar-refractivity contribution in [1.29, 1.82) is 0 Å². The second kappa shape index (κ2) is 5.38. The van der Waals surface area contributed by atoms with Crippen molar-refractivity contribution in [2.45, 2.75) is 24.7 Å². The van der Waals surface area contributed by atoms with Crippen LogP contribution < -0.4 is 5.73 Å². The van der Waals surface area contributed by atoms with E-state index in [4.69, 9.17) is 5.73 Å². The van der Waals surface area contributed by atoms with Gasteiger partial charge in [0.25, 0.3) is 0 Å². The Kier molecular flexibility index (Phi) is 3.74. The Morgan fingerprint density at radius 1 is 1.30 bits per heavy atom. The quantitative estimate of drug-likeness (QED) is 0.835. The number of likely N-dealkylation sites (N-methyl/N-ethyl adjacent to an activating group) is 1. The molecule has 2 N–H and O–H groups in total. The van der Waals surface area contributed by atoms with Crippen molar-refractivity contribution in [3.8, 4) is 0 Å². The van der Waals surface area contributed by atoms with Crippen molar-refractivity contribution in [3.05, 3.63) is 29.8 Å². The maximum atomic E-state index is 5.80. The number of nitrogens with zero attached hydrogens (tertiary/aromatic N) is 2. The predicted octanol–water partition coefficient (Wildman–Crippen LogP) is 2.18. The summed E-state index contributed by atoms with van der Waals surface area (Å²) in [7, 11) is 4.52. The number of nitrogens with two attached hydrogens (primary N) is 1.